The smallest absolute Gasteiger partial charge is 0.216 e. The van der Waals surface area contributed by atoms with E-state index in [1.54, 1.807) is 18.3 Å². The van der Waals surface area contributed by atoms with Gasteiger partial charge in [0.15, 0.2) is 6.23 Å². The molecule has 10 heteroatoms. The van der Waals surface area contributed by atoms with Crippen LogP contribution in [0.15, 0.2) is 48.7 Å². The highest BCUT2D eigenvalue weighted by molar-refractivity contribution is 6.34. The van der Waals surface area contributed by atoms with Gasteiger partial charge in [0.2, 0.25) is 6.41 Å². The molecule has 184 valence electrons. The number of carbonyl (C=O) groups excluding carboxylic acids is 1. The number of benzene rings is 2. The summed E-state index contributed by atoms with van der Waals surface area (Å²) in [5, 5.41) is 24.7. The van der Waals surface area contributed by atoms with Crippen LogP contribution in [-0.2, 0) is 9.53 Å². The molecule has 2 heterocycles. The SMILES string of the molecule is COCC(O)N(C=O)c1ccc(-c2cc(F)cc(-c3ccnc(N4CCNCC4)c3)c2O)cc1Cl. The van der Waals surface area contributed by atoms with Crippen LogP contribution in [-0.4, -0.2) is 67.7 Å². The van der Waals surface area contributed by atoms with Gasteiger partial charge in [0, 0.05) is 50.6 Å². The summed E-state index contributed by atoms with van der Waals surface area (Å²) in [6.07, 6.45) is 0.857. The van der Waals surface area contributed by atoms with E-state index < -0.39 is 12.0 Å². The van der Waals surface area contributed by atoms with Crippen molar-refractivity contribution in [2.24, 2.45) is 0 Å². The summed E-state index contributed by atoms with van der Waals surface area (Å²) >= 11 is 6.41. The third-order valence-corrected chi connectivity index (χ3v) is 6.16. The van der Waals surface area contributed by atoms with E-state index in [9.17, 15) is 19.4 Å². The molecule has 4 rings (SSSR count). The Morgan fingerprint density at radius 3 is 2.51 bits per heavy atom. The van der Waals surface area contributed by atoms with E-state index in [0.717, 1.165) is 36.9 Å². The summed E-state index contributed by atoms with van der Waals surface area (Å²) in [7, 11) is 1.40. The van der Waals surface area contributed by atoms with Gasteiger partial charge >= 0.3 is 0 Å². The summed E-state index contributed by atoms with van der Waals surface area (Å²) < 4.78 is 19.6. The quantitative estimate of drug-likeness (QED) is 0.322. The molecule has 1 aliphatic heterocycles. The maximum Gasteiger partial charge on any atom is 0.216 e. The first kappa shape index (κ1) is 24.9. The van der Waals surface area contributed by atoms with Gasteiger partial charge in [-0.1, -0.05) is 17.7 Å². The highest BCUT2D eigenvalue weighted by Crippen LogP contribution is 2.41. The number of aromatic nitrogens is 1. The number of aromatic hydroxyl groups is 1. The highest BCUT2D eigenvalue weighted by atomic mass is 35.5. The van der Waals surface area contributed by atoms with Gasteiger partial charge in [0.05, 0.1) is 17.3 Å². The lowest BCUT2D eigenvalue weighted by molar-refractivity contribution is -0.109. The molecule has 0 bridgehead atoms. The van der Waals surface area contributed by atoms with Crippen LogP contribution in [0.5, 0.6) is 5.75 Å². The molecule has 3 N–H and O–H groups in total. The highest BCUT2D eigenvalue weighted by Gasteiger charge is 2.21. The lowest BCUT2D eigenvalue weighted by Crippen LogP contribution is -2.43. The number of amides is 1. The first-order chi connectivity index (χ1) is 16.9. The van der Waals surface area contributed by atoms with Crippen molar-refractivity contribution >= 4 is 29.5 Å². The number of hydrogen-bond donors (Lipinski definition) is 3. The normalized spacial score (nSPS) is 14.6. The molecule has 1 unspecified atom stereocenters. The standard InChI is InChI=1S/C25H26ClFN4O4/c1-35-14-24(33)31(15-32)22-3-2-16(10-21(22)26)19-12-18(27)13-20(25(19)34)17-4-5-29-23(11-17)30-8-6-28-7-9-30/h2-5,10-13,15,24,28,33-34H,6-9,14H2,1H3. The van der Waals surface area contributed by atoms with Gasteiger partial charge in [-0.25, -0.2) is 9.37 Å². The van der Waals surface area contributed by atoms with Crippen molar-refractivity contribution in [3.63, 3.8) is 0 Å². The van der Waals surface area contributed by atoms with Crippen LogP contribution in [0.3, 0.4) is 0 Å². The van der Waals surface area contributed by atoms with E-state index in [2.05, 4.69) is 15.2 Å². The van der Waals surface area contributed by atoms with Crippen molar-refractivity contribution in [3.8, 4) is 28.0 Å². The first-order valence-electron chi connectivity index (χ1n) is 11.1. The van der Waals surface area contributed by atoms with Gasteiger partial charge in [0.25, 0.3) is 0 Å². The number of aliphatic hydroxyl groups excluding tert-OH is 1. The summed E-state index contributed by atoms with van der Waals surface area (Å²) in [4.78, 5) is 19.1. The minimum Gasteiger partial charge on any atom is -0.507 e. The lowest BCUT2D eigenvalue weighted by Gasteiger charge is -2.28. The van der Waals surface area contributed by atoms with E-state index >= 15 is 0 Å². The molecule has 2 aromatic carbocycles. The number of anilines is 2. The molecule has 1 aromatic heterocycles. The lowest BCUT2D eigenvalue weighted by atomic mass is 9.97. The number of phenols is 1. The number of phenolic OH excluding ortho intramolecular Hbond substituents is 1. The average molecular weight is 501 g/mol. The van der Waals surface area contributed by atoms with Crippen molar-refractivity contribution < 1.29 is 24.1 Å². The number of ether oxygens (including phenoxy) is 1. The molecule has 0 saturated carbocycles. The molecule has 0 aliphatic carbocycles. The fraction of sp³-hybridized carbons (Fsp3) is 0.280. The van der Waals surface area contributed by atoms with Crippen LogP contribution >= 0.6 is 11.6 Å². The van der Waals surface area contributed by atoms with Crippen LogP contribution in [0.2, 0.25) is 5.02 Å². The molecule has 1 aliphatic rings. The Morgan fingerprint density at radius 1 is 1.20 bits per heavy atom. The van der Waals surface area contributed by atoms with Crippen LogP contribution < -0.4 is 15.1 Å². The Morgan fingerprint density at radius 2 is 1.89 bits per heavy atom. The predicted molar refractivity (Wildman–Crippen MR) is 133 cm³/mol. The van der Waals surface area contributed by atoms with Crippen molar-refractivity contribution in [3.05, 3.63) is 59.5 Å². The number of nitrogens with zero attached hydrogens (tertiary/aromatic N) is 3. The molecule has 1 saturated heterocycles. The molecule has 1 atom stereocenters. The summed E-state index contributed by atoms with van der Waals surface area (Å²) in [6.45, 7) is 3.20. The average Bonchev–Trinajstić information content (AvgIpc) is 2.87. The molecule has 0 spiro atoms. The molecule has 8 nitrogen and oxygen atoms in total. The summed E-state index contributed by atoms with van der Waals surface area (Å²) in [5.41, 5.74) is 1.89. The number of nitrogens with one attached hydrogen (secondary N) is 1. The monoisotopic (exact) mass is 500 g/mol. The molecule has 3 aromatic rings. The van der Waals surface area contributed by atoms with Crippen LogP contribution in [0.4, 0.5) is 15.9 Å². The minimum atomic E-state index is -1.23. The number of piperazine rings is 1. The summed E-state index contributed by atoms with van der Waals surface area (Å²) in [6, 6.07) is 10.7. The number of aliphatic hydroxyl groups is 1. The van der Waals surface area contributed by atoms with Crippen LogP contribution in [0, 0.1) is 5.82 Å². The van der Waals surface area contributed by atoms with Gasteiger partial charge in [-0.05, 0) is 47.5 Å². The first-order valence-corrected chi connectivity index (χ1v) is 11.5. The Labute approximate surface area is 207 Å². The fourth-order valence-corrected chi connectivity index (χ4v) is 4.37. The van der Waals surface area contributed by atoms with Crippen LogP contribution in [0.25, 0.3) is 22.3 Å². The summed E-state index contributed by atoms with van der Waals surface area (Å²) in [5.74, 6) is 0.114. The van der Waals surface area contributed by atoms with Crippen LogP contribution in [0.1, 0.15) is 0 Å². The Bertz CT molecular complexity index is 1210. The largest absolute Gasteiger partial charge is 0.507 e. The number of rotatable bonds is 8. The van der Waals surface area contributed by atoms with Crippen molar-refractivity contribution in [1.82, 2.24) is 10.3 Å². The number of hydrogen-bond acceptors (Lipinski definition) is 7. The maximum absolute atomic E-state index is 14.7. The second-order valence-corrected chi connectivity index (χ2v) is 8.51. The maximum atomic E-state index is 14.7. The number of carbonyl (C=O) groups is 1. The van der Waals surface area contributed by atoms with E-state index in [0.29, 0.717) is 23.1 Å². The second-order valence-electron chi connectivity index (χ2n) is 8.10. The van der Waals surface area contributed by atoms with Gasteiger partial charge in [-0.3, -0.25) is 9.69 Å². The Kier molecular flexibility index (Phi) is 7.82. The molecule has 35 heavy (non-hydrogen) atoms. The number of halogens is 2. The van der Waals surface area contributed by atoms with Crippen molar-refractivity contribution in [2.45, 2.75) is 6.23 Å². The minimum absolute atomic E-state index is 0.104. The Balaban J connectivity index is 1.71. The molecular weight excluding hydrogens is 475 g/mol. The van der Waals surface area contributed by atoms with Gasteiger partial charge < -0.3 is 25.2 Å². The zero-order chi connectivity index (χ0) is 24.9. The Hall–Kier alpha value is -3.24. The van der Waals surface area contributed by atoms with E-state index in [-0.39, 0.29) is 28.6 Å². The van der Waals surface area contributed by atoms with E-state index in [4.69, 9.17) is 16.3 Å². The topological polar surface area (TPSA) is 98.2 Å². The molecule has 1 amide bonds. The third kappa shape index (κ3) is 5.38. The predicted octanol–water partition coefficient (Wildman–Crippen LogP) is 3.25. The van der Waals surface area contributed by atoms with E-state index in [1.165, 1.54) is 31.4 Å². The van der Waals surface area contributed by atoms with E-state index in [1.807, 2.05) is 6.07 Å². The van der Waals surface area contributed by atoms with Crippen molar-refractivity contribution in [1.29, 1.82) is 0 Å². The second kappa shape index (κ2) is 11.0. The molecule has 1 fully saturated rings. The zero-order valence-corrected chi connectivity index (χ0v) is 19.9. The van der Waals surface area contributed by atoms with Crippen molar-refractivity contribution in [2.75, 3.05) is 49.7 Å². The fourth-order valence-electron chi connectivity index (χ4n) is 4.09. The third-order valence-electron chi connectivity index (χ3n) is 5.86. The molecular formula is C25H26ClFN4O4. The van der Waals surface area contributed by atoms with Gasteiger partial charge in [-0.2, -0.15) is 0 Å². The molecule has 0 radical (unpaired) electrons. The number of methoxy groups -OCH3 is 1. The number of pyridine rings is 1. The van der Waals surface area contributed by atoms with Gasteiger partial charge in [0.1, 0.15) is 17.4 Å². The van der Waals surface area contributed by atoms with Gasteiger partial charge in [-0.15, -0.1) is 0 Å². The zero-order valence-electron chi connectivity index (χ0n) is 19.1.